The molecule has 27 heavy (non-hydrogen) atoms. The van der Waals surface area contributed by atoms with Crippen LogP contribution in [0.4, 0.5) is 0 Å². The molecular formula is C18H19N2O6S-. The molecule has 144 valence electrons. The zero-order valence-electron chi connectivity index (χ0n) is 15.2. The van der Waals surface area contributed by atoms with Crippen LogP contribution in [-0.4, -0.2) is 59.5 Å². The van der Waals surface area contributed by atoms with E-state index in [1.54, 1.807) is 19.9 Å². The summed E-state index contributed by atoms with van der Waals surface area (Å²) in [5, 5.41) is 10.7. The Morgan fingerprint density at radius 1 is 1.15 bits per heavy atom. The van der Waals surface area contributed by atoms with Gasteiger partial charge in [0, 0.05) is 13.1 Å². The number of methoxy groups -OCH3 is 1. The van der Waals surface area contributed by atoms with E-state index in [-0.39, 0.29) is 22.2 Å². The number of rotatable bonds is 7. The van der Waals surface area contributed by atoms with Crippen molar-refractivity contribution < 1.29 is 29.0 Å². The summed E-state index contributed by atoms with van der Waals surface area (Å²) in [6.07, 6.45) is 1.45. The number of carbonyl (C=O) groups excluding carboxylic acids is 3. The Morgan fingerprint density at radius 2 is 1.74 bits per heavy atom. The van der Waals surface area contributed by atoms with Gasteiger partial charge in [0.25, 0.3) is 11.8 Å². The van der Waals surface area contributed by atoms with Gasteiger partial charge in [-0.1, -0.05) is 6.07 Å². The van der Waals surface area contributed by atoms with Crippen LogP contribution in [0, 0.1) is 0 Å². The van der Waals surface area contributed by atoms with Gasteiger partial charge in [0.1, 0.15) is 12.2 Å². The molecule has 1 aromatic carbocycles. The molecule has 1 saturated heterocycles. The fraction of sp³-hybridized carbons (Fsp3) is 0.333. The molecular weight excluding hydrogens is 372 g/mol. The Balaban J connectivity index is 2.40. The van der Waals surface area contributed by atoms with Gasteiger partial charge in [-0.2, -0.15) is 0 Å². The molecule has 0 radical (unpaired) electrons. The summed E-state index contributed by atoms with van der Waals surface area (Å²) in [7, 11) is 1.39. The standard InChI is InChI=1S/C18H20N2O6S/c1-4-19-16(23)12(17(24)20(5-2)18(19)27)8-11-6-7-13(14(9-11)25-3)26-10-15(21)22/h6-9H,4-5,10H2,1-3H3,(H,21,22)/p-1. The quantitative estimate of drug-likeness (QED) is 0.372. The first-order chi connectivity index (χ1) is 12.8. The molecule has 8 nitrogen and oxygen atoms in total. The van der Waals surface area contributed by atoms with Gasteiger partial charge in [0.15, 0.2) is 16.6 Å². The van der Waals surface area contributed by atoms with Crippen molar-refractivity contribution in [2.45, 2.75) is 13.8 Å². The molecule has 0 bridgehead atoms. The number of hydrogen-bond donors (Lipinski definition) is 0. The topological polar surface area (TPSA) is 99.2 Å². The van der Waals surface area contributed by atoms with Gasteiger partial charge in [0.05, 0.1) is 13.1 Å². The van der Waals surface area contributed by atoms with E-state index in [4.69, 9.17) is 21.7 Å². The minimum absolute atomic E-state index is 0.0160. The Morgan fingerprint density at radius 3 is 2.22 bits per heavy atom. The summed E-state index contributed by atoms with van der Waals surface area (Å²) >= 11 is 5.22. The Labute approximate surface area is 161 Å². The van der Waals surface area contributed by atoms with Crippen LogP contribution in [0.15, 0.2) is 23.8 Å². The number of nitrogens with zero attached hydrogens (tertiary/aromatic N) is 2. The molecule has 9 heteroatoms. The molecule has 0 spiro atoms. The van der Waals surface area contributed by atoms with Crippen LogP contribution in [0.1, 0.15) is 19.4 Å². The van der Waals surface area contributed by atoms with Crippen molar-refractivity contribution in [1.29, 1.82) is 0 Å². The fourth-order valence-corrected chi connectivity index (χ4v) is 3.00. The summed E-state index contributed by atoms with van der Waals surface area (Å²) in [6.45, 7) is 3.62. The van der Waals surface area contributed by atoms with Crippen LogP contribution in [-0.2, 0) is 14.4 Å². The Bertz CT molecular complexity index is 792. The smallest absolute Gasteiger partial charge is 0.265 e. The van der Waals surface area contributed by atoms with Gasteiger partial charge in [-0.25, -0.2) is 0 Å². The molecule has 0 N–H and O–H groups in total. The lowest BCUT2D eigenvalue weighted by Gasteiger charge is -2.35. The number of hydrogen-bond acceptors (Lipinski definition) is 7. The third-order valence-corrected chi connectivity index (χ3v) is 4.33. The second kappa shape index (κ2) is 8.63. The van der Waals surface area contributed by atoms with Crippen molar-refractivity contribution in [3.63, 3.8) is 0 Å². The normalized spacial score (nSPS) is 14.5. The molecule has 0 saturated carbocycles. The van der Waals surface area contributed by atoms with E-state index in [1.807, 2.05) is 0 Å². The van der Waals surface area contributed by atoms with E-state index in [9.17, 15) is 19.5 Å². The fourth-order valence-electron chi connectivity index (χ4n) is 2.58. The lowest BCUT2D eigenvalue weighted by molar-refractivity contribution is -0.307. The third kappa shape index (κ3) is 4.25. The van der Waals surface area contributed by atoms with Gasteiger partial charge in [-0.15, -0.1) is 0 Å². The van der Waals surface area contributed by atoms with Gasteiger partial charge in [0.2, 0.25) is 0 Å². The van der Waals surface area contributed by atoms with Crippen molar-refractivity contribution in [3.05, 3.63) is 29.3 Å². The van der Waals surface area contributed by atoms with E-state index in [0.29, 0.717) is 18.7 Å². The second-order valence-electron chi connectivity index (χ2n) is 5.51. The molecule has 1 fully saturated rings. The van der Waals surface area contributed by atoms with Crippen LogP contribution in [0.3, 0.4) is 0 Å². The maximum Gasteiger partial charge on any atom is 0.265 e. The van der Waals surface area contributed by atoms with Crippen molar-refractivity contribution in [2.24, 2.45) is 0 Å². The number of thiocarbonyl (C=S) groups is 1. The maximum absolute atomic E-state index is 12.6. The third-order valence-electron chi connectivity index (χ3n) is 3.89. The Hall–Kier alpha value is -2.94. The number of carboxylic acids is 1. The van der Waals surface area contributed by atoms with Crippen molar-refractivity contribution >= 4 is 41.2 Å². The summed E-state index contributed by atoms with van der Waals surface area (Å²) < 4.78 is 10.3. The summed E-state index contributed by atoms with van der Waals surface area (Å²) in [6, 6.07) is 4.61. The van der Waals surface area contributed by atoms with Gasteiger partial charge in [-0.3, -0.25) is 19.4 Å². The van der Waals surface area contributed by atoms with Crippen molar-refractivity contribution in [1.82, 2.24) is 9.80 Å². The lowest BCUT2D eigenvalue weighted by Crippen LogP contribution is -2.55. The Kier molecular flexibility index (Phi) is 6.51. The number of carbonyl (C=O) groups is 3. The second-order valence-corrected chi connectivity index (χ2v) is 5.88. The van der Waals surface area contributed by atoms with E-state index < -0.39 is 24.4 Å². The summed E-state index contributed by atoms with van der Waals surface area (Å²) in [4.78, 5) is 38.5. The lowest BCUT2D eigenvalue weighted by atomic mass is 10.1. The minimum atomic E-state index is -1.36. The molecule has 0 aliphatic carbocycles. The molecule has 0 atom stereocenters. The molecule has 2 rings (SSSR count). The number of benzene rings is 1. The highest BCUT2D eigenvalue weighted by atomic mass is 32.1. The average Bonchev–Trinajstić information content (AvgIpc) is 2.64. The molecule has 1 aromatic rings. The van der Waals surface area contributed by atoms with E-state index in [0.717, 1.165) is 0 Å². The van der Waals surface area contributed by atoms with Crippen LogP contribution in [0.25, 0.3) is 6.08 Å². The predicted octanol–water partition coefficient (Wildman–Crippen LogP) is 0.203. The highest BCUT2D eigenvalue weighted by Gasteiger charge is 2.37. The first-order valence-electron chi connectivity index (χ1n) is 8.24. The van der Waals surface area contributed by atoms with Crippen LogP contribution >= 0.6 is 12.2 Å². The molecule has 2 amide bonds. The summed E-state index contributed by atoms with van der Waals surface area (Å²) in [5.41, 5.74) is 0.502. The average molecular weight is 391 g/mol. The highest BCUT2D eigenvalue weighted by Crippen LogP contribution is 2.29. The van der Waals surface area contributed by atoms with Gasteiger partial charge < -0.3 is 19.4 Å². The van der Waals surface area contributed by atoms with E-state index >= 15 is 0 Å². The summed E-state index contributed by atoms with van der Waals surface area (Å²) in [5.74, 6) is -1.83. The number of aliphatic carboxylic acids is 1. The first-order valence-corrected chi connectivity index (χ1v) is 8.64. The molecule has 1 heterocycles. The first kappa shape index (κ1) is 20.4. The predicted molar refractivity (Wildman–Crippen MR) is 98.8 cm³/mol. The van der Waals surface area contributed by atoms with Crippen LogP contribution in [0.5, 0.6) is 11.5 Å². The van der Waals surface area contributed by atoms with E-state index in [2.05, 4.69) is 0 Å². The van der Waals surface area contributed by atoms with Crippen LogP contribution in [0.2, 0.25) is 0 Å². The van der Waals surface area contributed by atoms with Crippen LogP contribution < -0.4 is 14.6 Å². The van der Waals surface area contributed by atoms with Crippen molar-refractivity contribution in [3.8, 4) is 11.5 Å². The van der Waals surface area contributed by atoms with Gasteiger partial charge >= 0.3 is 0 Å². The van der Waals surface area contributed by atoms with Crippen molar-refractivity contribution in [2.75, 3.05) is 26.8 Å². The number of carboxylic acid groups (broad SMARTS) is 1. The maximum atomic E-state index is 12.6. The molecule has 1 aliphatic heterocycles. The largest absolute Gasteiger partial charge is 0.546 e. The molecule has 0 unspecified atom stereocenters. The zero-order chi connectivity index (χ0) is 20.1. The van der Waals surface area contributed by atoms with Gasteiger partial charge in [-0.05, 0) is 49.8 Å². The molecule has 1 aliphatic rings. The number of likely N-dealkylation sites (N-methyl/N-ethyl adjacent to an activating group) is 2. The SMILES string of the molecule is CCN1C(=O)C(=Cc2ccc(OCC(=O)[O-])c(OC)c2)C(=O)N(CC)C1=S. The zero-order valence-corrected chi connectivity index (χ0v) is 16.0. The number of ether oxygens (including phenoxy) is 2. The van der Waals surface area contributed by atoms with E-state index in [1.165, 1.54) is 35.1 Å². The minimum Gasteiger partial charge on any atom is -0.546 e. The monoisotopic (exact) mass is 391 g/mol. The highest BCUT2D eigenvalue weighted by molar-refractivity contribution is 7.80. The molecule has 0 aromatic heterocycles. The number of amides is 2.